The first-order valence-electron chi connectivity index (χ1n) is 8.05. The van der Waals surface area contributed by atoms with Gasteiger partial charge in [0.25, 0.3) is 0 Å². The highest BCUT2D eigenvalue weighted by Gasteiger charge is 2.21. The average Bonchev–Trinajstić information content (AvgIpc) is 2.89. The van der Waals surface area contributed by atoms with Gasteiger partial charge in [-0.15, -0.1) is 0 Å². The number of ether oxygens (including phenoxy) is 1. The van der Waals surface area contributed by atoms with Crippen LogP contribution in [0.15, 0.2) is 24.3 Å². The SMILES string of the molecule is Cn1c(CCCNC(=O)[C@H]2CCCCO2)nc2ccccc21. The van der Waals surface area contributed by atoms with Gasteiger partial charge in [0.05, 0.1) is 11.0 Å². The molecule has 118 valence electrons. The minimum absolute atomic E-state index is 0.0321. The number of para-hydroxylation sites is 2. The number of carbonyl (C=O) groups excluding carboxylic acids is 1. The van der Waals surface area contributed by atoms with Crippen molar-refractivity contribution in [1.29, 1.82) is 0 Å². The average molecular weight is 301 g/mol. The van der Waals surface area contributed by atoms with E-state index in [-0.39, 0.29) is 12.0 Å². The predicted molar refractivity (Wildman–Crippen MR) is 85.6 cm³/mol. The summed E-state index contributed by atoms with van der Waals surface area (Å²) in [7, 11) is 2.04. The summed E-state index contributed by atoms with van der Waals surface area (Å²) in [4.78, 5) is 16.6. The summed E-state index contributed by atoms with van der Waals surface area (Å²) < 4.78 is 7.61. The van der Waals surface area contributed by atoms with Crippen LogP contribution < -0.4 is 5.32 Å². The number of fused-ring (bicyclic) bond motifs is 1. The number of aromatic nitrogens is 2. The normalized spacial score (nSPS) is 18.5. The predicted octanol–water partition coefficient (Wildman–Crippen LogP) is 2.19. The van der Waals surface area contributed by atoms with Gasteiger partial charge in [-0.05, 0) is 37.8 Å². The van der Waals surface area contributed by atoms with Crippen molar-refractivity contribution < 1.29 is 9.53 Å². The third-order valence-electron chi connectivity index (χ3n) is 4.23. The minimum atomic E-state index is -0.246. The second kappa shape index (κ2) is 6.92. The Labute approximate surface area is 130 Å². The number of benzene rings is 1. The van der Waals surface area contributed by atoms with E-state index < -0.39 is 0 Å². The van der Waals surface area contributed by atoms with Crippen LogP contribution >= 0.6 is 0 Å². The van der Waals surface area contributed by atoms with Crippen molar-refractivity contribution >= 4 is 16.9 Å². The highest BCUT2D eigenvalue weighted by Crippen LogP contribution is 2.15. The van der Waals surface area contributed by atoms with Crippen molar-refractivity contribution in [1.82, 2.24) is 14.9 Å². The van der Waals surface area contributed by atoms with Gasteiger partial charge in [0, 0.05) is 26.6 Å². The molecule has 1 aliphatic heterocycles. The zero-order valence-electron chi connectivity index (χ0n) is 13.0. The van der Waals surface area contributed by atoms with Crippen molar-refractivity contribution in [3.63, 3.8) is 0 Å². The van der Waals surface area contributed by atoms with Gasteiger partial charge in [-0.3, -0.25) is 4.79 Å². The van der Waals surface area contributed by atoms with Crippen LogP contribution in [0.3, 0.4) is 0 Å². The fourth-order valence-corrected chi connectivity index (χ4v) is 2.94. The van der Waals surface area contributed by atoms with Gasteiger partial charge in [-0.25, -0.2) is 4.98 Å². The molecule has 1 aromatic carbocycles. The van der Waals surface area contributed by atoms with Crippen molar-refractivity contribution in [3.8, 4) is 0 Å². The topological polar surface area (TPSA) is 56.2 Å². The van der Waals surface area contributed by atoms with Crippen molar-refractivity contribution in [2.75, 3.05) is 13.2 Å². The molecule has 0 bridgehead atoms. The van der Waals surface area contributed by atoms with E-state index in [2.05, 4.69) is 20.9 Å². The van der Waals surface area contributed by atoms with Crippen molar-refractivity contribution in [2.24, 2.45) is 7.05 Å². The largest absolute Gasteiger partial charge is 0.368 e. The third-order valence-corrected chi connectivity index (χ3v) is 4.23. The Morgan fingerprint density at radius 2 is 2.27 bits per heavy atom. The van der Waals surface area contributed by atoms with E-state index in [1.165, 1.54) is 0 Å². The quantitative estimate of drug-likeness (QED) is 0.861. The molecule has 1 fully saturated rings. The van der Waals surface area contributed by atoms with Crippen LogP contribution in [-0.2, 0) is 23.0 Å². The molecule has 0 unspecified atom stereocenters. The number of nitrogens with one attached hydrogen (secondary N) is 1. The Morgan fingerprint density at radius 3 is 3.05 bits per heavy atom. The maximum Gasteiger partial charge on any atom is 0.249 e. The molecular weight excluding hydrogens is 278 g/mol. The summed E-state index contributed by atoms with van der Waals surface area (Å²) in [6.45, 7) is 1.37. The van der Waals surface area contributed by atoms with E-state index in [0.717, 1.165) is 49.0 Å². The Morgan fingerprint density at radius 1 is 1.41 bits per heavy atom. The molecule has 3 rings (SSSR count). The second-order valence-electron chi connectivity index (χ2n) is 5.83. The fraction of sp³-hybridized carbons (Fsp3) is 0.529. The van der Waals surface area contributed by atoms with Crippen LogP contribution in [0.2, 0.25) is 0 Å². The standard InChI is InChI=1S/C17H23N3O2/c1-20-14-8-3-2-7-13(14)19-16(20)10-6-11-18-17(21)15-9-4-5-12-22-15/h2-3,7-8,15H,4-6,9-12H2,1H3,(H,18,21)/t15-/m1/s1. The molecule has 1 aromatic heterocycles. The van der Waals surface area contributed by atoms with Gasteiger partial charge in [0.15, 0.2) is 0 Å². The summed E-state index contributed by atoms with van der Waals surface area (Å²) in [6, 6.07) is 8.14. The van der Waals surface area contributed by atoms with Crippen LogP contribution in [0.5, 0.6) is 0 Å². The fourth-order valence-electron chi connectivity index (χ4n) is 2.94. The van der Waals surface area contributed by atoms with Gasteiger partial charge >= 0.3 is 0 Å². The van der Waals surface area contributed by atoms with Crippen LogP contribution in [0.1, 0.15) is 31.5 Å². The van der Waals surface area contributed by atoms with Gasteiger partial charge in [0.2, 0.25) is 5.91 Å². The molecule has 1 amide bonds. The van der Waals surface area contributed by atoms with E-state index in [1.54, 1.807) is 0 Å². The molecule has 1 atom stereocenters. The molecule has 5 nitrogen and oxygen atoms in total. The van der Waals surface area contributed by atoms with E-state index in [4.69, 9.17) is 4.74 Å². The van der Waals surface area contributed by atoms with Crippen LogP contribution in [0.25, 0.3) is 11.0 Å². The summed E-state index contributed by atoms with van der Waals surface area (Å²) in [6.07, 6.45) is 4.49. The molecule has 5 heteroatoms. The van der Waals surface area contributed by atoms with Crippen LogP contribution in [-0.4, -0.2) is 34.7 Å². The highest BCUT2D eigenvalue weighted by atomic mass is 16.5. The summed E-state index contributed by atoms with van der Waals surface area (Å²) in [5, 5.41) is 2.97. The van der Waals surface area contributed by atoms with Gasteiger partial charge in [-0.2, -0.15) is 0 Å². The zero-order valence-corrected chi connectivity index (χ0v) is 13.0. The molecule has 2 heterocycles. The van der Waals surface area contributed by atoms with Crippen molar-refractivity contribution in [2.45, 2.75) is 38.2 Å². The number of aryl methyl sites for hydroxylation is 2. The van der Waals surface area contributed by atoms with Crippen LogP contribution in [0, 0.1) is 0 Å². The number of rotatable bonds is 5. The first kappa shape index (κ1) is 15.0. The van der Waals surface area contributed by atoms with Crippen LogP contribution in [0.4, 0.5) is 0 Å². The number of nitrogens with zero attached hydrogens (tertiary/aromatic N) is 2. The smallest absolute Gasteiger partial charge is 0.249 e. The molecule has 1 N–H and O–H groups in total. The Kier molecular flexibility index (Phi) is 4.73. The lowest BCUT2D eigenvalue weighted by Crippen LogP contribution is -2.38. The number of hydrogen-bond donors (Lipinski definition) is 1. The zero-order chi connectivity index (χ0) is 15.4. The maximum absolute atomic E-state index is 12.0. The summed E-state index contributed by atoms with van der Waals surface area (Å²) in [5.41, 5.74) is 2.18. The number of amides is 1. The first-order chi connectivity index (χ1) is 10.8. The van der Waals surface area contributed by atoms with Gasteiger partial charge in [-0.1, -0.05) is 12.1 Å². The Balaban J connectivity index is 1.48. The molecule has 1 saturated heterocycles. The van der Waals surface area contributed by atoms with Crippen molar-refractivity contribution in [3.05, 3.63) is 30.1 Å². The Bertz CT molecular complexity index is 644. The third kappa shape index (κ3) is 3.30. The first-order valence-corrected chi connectivity index (χ1v) is 8.05. The van der Waals surface area contributed by atoms with E-state index in [9.17, 15) is 4.79 Å². The lowest BCUT2D eigenvalue weighted by atomic mass is 10.1. The summed E-state index contributed by atoms with van der Waals surface area (Å²) >= 11 is 0. The molecule has 22 heavy (non-hydrogen) atoms. The molecule has 0 radical (unpaired) electrons. The maximum atomic E-state index is 12.0. The molecule has 0 aliphatic carbocycles. The van der Waals surface area contributed by atoms with Gasteiger partial charge in [0.1, 0.15) is 11.9 Å². The lowest BCUT2D eigenvalue weighted by molar-refractivity contribution is -0.135. The molecule has 0 saturated carbocycles. The molecule has 1 aliphatic rings. The monoisotopic (exact) mass is 301 g/mol. The van der Waals surface area contributed by atoms with Gasteiger partial charge < -0.3 is 14.6 Å². The highest BCUT2D eigenvalue weighted by molar-refractivity contribution is 5.80. The Hall–Kier alpha value is -1.88. The lowest BCUT2D eigenvalue weighted by Gasteiger charge is -2.21. The molecule has 2 aromatic rings. The van der Waals surface area contributed by atoms with E-state index in [0.29, 0.717) is 13.2 Å². The molecule has 0 spiro atoms. The van der Waals surface area contributed by atoms with E-state index in [1.807, 2.05) is 25.2 Å². The molecular formula is C17H23N3O2. The summed E-state index contributed by atoms with van der Waals surface area (Å²) in [5.74, 6) is 1.09. The number of hydrogen-bond acceptors (Lipinski definition) is 3. The van der Waals surface area contributed by atoms with E-state index >= 15 is 0 Å². The minimum Gasteiger partial charge on any atom is -0.368 e. The number of imidazole rings is 1. The number of carbonyl (C=O) groups is 1. The second-order valence-corrected chi connectivity index (χ2v) is 5.83.